The van der Waals surface area contributed by atoms with E-state index in [9.17, 15) is 13.2 Å². The van der Waals surface area contributed by atoms with Crippen LogP contribution in [0.15, 0.2) is 52.3 Å². The summed E-state index contributed by atoms with van der Waals surface area (Å²) in [6, 6.07) is 12.1. The van der Waals surface area contributed by atoms with Crippen LogP contribution < -0.4 is 10.0 Å². The van der Waals surface area contributed by atoms with E-state index in [1.165, 1.54) is 6.07 Å². The number of carbonyl (C=O) groups is 1. The Kier molecular flexibility index (Phi) is 5.92. The van der Waals surface area contributed by atoms with Crippen LogP contribution in [0.5, 0.6) is 0 Å². The summed E-state index contributed by atoms with van der Waals surface area (Å²) in [5.74, 6) is -0.103. The summed E-state index contributed by atoms with van der Waals surface area (Å²) in [6.07, 6.45) is 0.964. The molecule has 1 aliphatic rings. The van der Waals surface area contributed by atoms with Crippen LogP contribution in [0.25, 0.3) is 0 Å². The first-order valence-corrected chi connectivity index (χ1v) is 10.9. The summed E-state index contributed by atoms with van der Waals surface area (Å²) in [4.78, 5) is 12.9. The summed E-state index contributed by atoms with van der Waals surface area (Å²) in [5, 5.41) is 3.58. The topological polar surface area (TPSA) is 75.3 Å². The molecule has 0 fully saturated rings. The normalized spacial score (nSPS) is 17.3. The molecule has 138 valence electrons. The first-order valence-electron chi connectivity index (χ1n) is 8.18. The third-order valence-corrected chi connectivity index (χ3v) is 6.85. The third kappa shape index (κ3) is 4.79. The average molecular weight is 411 g/mol. The Bertz CT molecular complexity index is 915. The molecule has 5 nitrogen and oxygen atoms in total. The first kappa shape index (κ1) is 19.2. The molecule has 2 aromatic carbocycles. The van der Waals surface area contributed by atoms with Crippen molar-refractivity contribution in [1.29, 1.82) is 0 Å². The zero-order valence-corrected chi connectivity index (χ0v) is 16.5. The van der Waals surface area contributed by atoms with Gasteiger partial charge in [0, 0.05) is 28.1 Å². The van der Waals surface area contributed by atoms with E-state index in [1.54, 1.807) is 36.0 Å². The minimum atomic E-state index is -3.65. The van der Waals surface area contributed by atoms with Crippen molar-refractivity contribution < 1.29 is 13.2 Å². The Labute approximate surface area is 162 Å². The number of rotatable bonds is 5. The van der Waals surface area contributed by atoms with Crippen molar-refractivity contribution in [1.82, 2.24) is 4.72 Å². The summed E-state index contributed by atoms with van der Waals surface area (Å²) in [5.41, 5.74) is 1.54. The van der Waals surface area contributed by atoms with Gasteiger partial charge in [-0.15, -0.1) is 11.8 Å². The maximum Gasteiger partial charge on any atom is 0.240 e. The molecular formula is C18H19ClN2O3S2. The van der Waals surface area contributed by atoms with Crippen LogP contribution in [0.4, 0.5) is 5.69 Å². The van der Waals surface area contributed by atoms with Crippen molar-refractivity contribution in [3.8, 4) is 0 Å². The van der Waals surface area contributed by atoms with Crippen LogP contribution in [0.3, 0.4) is 0 Å². The molecule has 1 atom stereocenters. The highest BCUT2D eigenvalue weighted by atomic mass is 35.5. The zero-order chi connectivity index (χ0) is 18.7. The number of thioether (sulfide) groups is 1. The molecule has 1 amide bonds. The van der Waals surface area contributed by atoms with Crippen molar-refractivity contribution in [2.24, 2.45) is 0 Å². The lowest BCUT2D eigenvalue weighted by Crippen LogP contribution is -2.26. The molecular weight excluding hydrogens is 392 g/mol. The molecule has 1 heterocycles. The van der Waals surface area contributed by atoms with E-state index in [2.05, 4.69) is 10.0 Å². The van der Waals surface area contributed by atoms with Crippen LogP contribution in [0, 0.1) is 0 Å². The number of nitrogens with one attached hydrogen (secondary N) is 2. The maximum absolute atomic E-state index is 12.5. The van der Waals surface area contributed by atoms with Gasteiger partial charge in [0.2, 0.25) is 15.9 Å². The zero-order valence-electron chi connectivity index (χ0n) is 14.2. The predicted octanol–water partition coefficient (Wildman–Crippen LogP) is 3.68. The summed E-state index contributed by atoms with van der Waals surface area (Å²) < 4.78 is 27.7. The van der Waals surface area contributed by atoms with E-state index >= 15 is 0 Å². The van der Waals surface area contributed by atoms with Gasteiger partial charge in [-0.1, -0.05) is 30.7 Å². The summed E-state index contributed by atoms with van der Waals surface area (Å²) >= 11 is 7.41. The number of carbonyl (C=O) groups excluding carboxylic acids is 1. The monoisotopic (exact) mass is 410 g/mol. The molecule has 0 aliphatic carbocycles. The van der Waals surface area contributed by atoms with Gasteiger partial charge in [0.15, 0.2) is 0 Å². The number of fused-ring (bicyclic) bond motifs is 1. The van der Waals surface area contributed by atoms with Gasteiger partial charge in [-0.3, -0.25) is 4.79 Å². The Hall–Kier alpha value is -1.54. The van der Waals surface area contributed by atoms with Gasteiger partial charge in [-0.2, -0.15) is 0 Å². The molecule has 26 heavy (non-hydrogen) atoms. The number of anilines is 1. The minimum absolute atomic E-state index is 0.103. The number of hydrogen-bond acceptors (Lipinski definition) is 4. The largest absolute Gasteiger partial charge is 0.325 e. The van der Waals surface area contributed by atoms with Gasteiger partial charge >= 0.3 is 0 Å². The summed E-state index contributed by atoms with van der Waals surface area (Å²) in [6.45, 7) is 2.25. The van der Waals surface area contributed by atoms with Crippen molar-refractivity contribution in [2.45, 2.75) is 34.8 Å². The SMILES string of the molecule is C[C@H]1CC(=O)Nc2cc(S(=O)(=O)NCCc3ccc(Cl)cc3)ccc2S1. The molecule has 8 heteroatoms. The van der Waals surface area contributed by atoms with E-state index in [-0.39, 0.29) is 22.6 Å². The Morgan fingerprint density at radius 2 is 1.96 bits per heavy atom. The molecule has 2 N–H and O–H groups in total. The van der Waals surface area contributed by atoms with Crippen LogP contribution >= 0.6 is 23.4 Å². The maximum atomic E-state index is 12.5. The minimum Gasteiger partial charge on any atom is -0.325 e. The Morgan fingerprint density at radius 3 is 2.69 bits per heavy atom. The predicted molar refractivity (Wildman–Crippen MR) is 105 cm³/mol. The molecule has 0 aromatic heterocycles. The van der Waals surface area contributed by atoms with Gasteiger partial charge in [-0.25, -0.2) is 13.1 Å². The highest BCUT2D eigenvalue weighted by Crippen LogP contribution is 2.36. The average Bonchev–Trinajstić information content (AvgIpc) is 2.72. The highest BCUT2D eigenvalue weighted by molar-refractivity contribution is 8.00. The second-order valence-corrected chi connectivity index (χ2v) is 9.80. The van der Waals surface area contributed by atoms with Gasteiger partial charge in [0.25, 0.3) is 0 Å². The van der Waals surface area contributed by atoms with Crippen LogP contribution in [-0.2, 0) is 21.2 Å². The third-order valence-electron chi connectivity index (χ3n) is 3.96. The standard InChI is InChI=1S/C18H19ClN2O3S2/c1-12-10-18(22)21-16-11-15(6-7-17(16)25-12)26(23,24)20-9-8-13-2-4-14(19)5-3-13/h2-7,11-12,20H,8-10H2,1H3,(H,21,22)/t12-/m0/s1. The number of hydrogen-bond donors (Lipinski definition) is 2. The van der Waals surface area contributed by atoms with Crippen molar-refractivity contribution in [3.05, 3.63) is 53.1 Å². The number of halogens is 1. The van der Waals surface area contributed by atoms with Crippen molar-refractivity contribution in [2.75, 3.05) is 11.9 Å². The molecule has 0 saturated carbocycles. The lowest BCUT2D eigenvalue weighted by atomic mass is 10.2. The lowest BCUT2D eigenvalue weighted by molar-refractivity contribution is -0.116. The van der Waals surface area contributed by atoms with Gasteiger partial charge in [0.05, 0.1) is 10.6 Å². The lowest BCUT2D eigenvalue weighted by Gasteiger charge is -2.11. The van der Waals surface area contributed by atoms with Crippen molar-refractivity contribution in [3.63, 3.8) is 0 Å². The molecule has 0 bridgehead atoms. The van der Waals surface area contributed by atoms with Gasteiger partial charge in [-0.05, 0) is 42.3 Å². The Morgan fingerprint density at radius 1 is 1.23 bits per heavy atom. The number of sulfonamides is 1. The van der Waals surface area contributed by atoms with E-state index in [0.29, 0.717) is 23.6 Å². The van der Waals surface area contributed by atoms with E-state index in [1.807, 2.05) is 19.1 Å². The smallest absolute Gasteiger partial charge is 0.240 e. The molecule has 0 radical (unpaired) electrons. The Balaban J connectivity index is 1.71. The summed E-state index contributed by atoms with van der Waals surface area (Å²) in [7, 11) is -3.65. The fraction of sp³-hybridized carbons (Fsp3) is 0.278. The van der Waals surface area contributed by atoms with Gasteiger partial charge < -0.3 is 5.32 Å². The quantitative estimate of drug-likeness (QED) is 0.788. The van der Waals surface area contributed by atoms with Crippen LogP contribution in [0.1, 0.15) is 18.9 Å². The van der Waals surface area contributed by atoms with Crippen LogP contribution in [-0.4, -0.2) is 26.1 Å². The van der Waals surface area contributed by atoms with Crippen molar-refractivity contribution >= 4 is 45.0 Å². The molecule has 3 rings (SSSR count). The highest BCUT2D eigenvalue weighted by Gasteiger charge is 2.22. The number of benzene rings is 2. The fourth-order valence-electron chi connectivity index (χ4n) is 2.66. The molecule has 0 unspecified atom stereocenters. The van der Waals surface area contributed by atoms with E-state index < -0.39 is 10.0 Å². The first-order chi connectivity index (χ1) is 12.3. The fourth-order valence-corrected chi connectivity index (χ4v) is 4.90. The van der Waals surface area contributed by atoms with E-state index in [0.717, 1.165) is 10.5 Å². The number of amides is 1. The van der Waals surface area contributed by atoms with E-state index in [4.69, 9.17) is 11.6 Å². The second-order valence-electron chi connectivity index (χ2n) is 6.11. The molecule has 0 saturated heterocycles. The van der Waals surface area contributed by atoms with Gasteiger partial charge in [0.1, 0.15) is 0 Å². The molecule has 2 aromatic rings. The van der Waals surface area contributed by atoms with Crippen LogP contribution in [0.2, 0.25) is 5.02 Å². The molecule has 1 aliphatic heterocycles. The second kappa shape index (κ2) is 8.00. The molecule has 0 spiro atoms.